The van der Waals surface area contributed by atoms with Crippen molar-refractivity contribution in [3.63, 3.8) is 0 Å². The summed E-state index contributed by atoms with van der Waals surface area (Å²) in [5, 5.41) is 0. The van der Waals surface area contributed by atoms with E-state index in [1.807, 2.05) is 0 Å². The molecule has 0 saturated heterocycles. The number of carbonyl (C=O) groups excluding carboxylic acids is 2. The van der Waals surface area contributed by atoms with Crippen LogP contribution < -0.4 is 0 Å². The number of fused-ring (bicyclic) bond motifs is 2. The molecule has 2 aliphatic carbocycles. The normalized spacial score (nSPS) is 28.4. The maximum absolute atomic E-state index is 12.9. The van der Waals surface area contributed by atoms with Gasteiger partial charge in [-0.05, 0) is 63.2 Å². The molecule has 4 heteroatoms. The minimum Gasteiger partial charge on any atom is -0.465 e. The lowest BCUT2D eigenvalue weighted by Gasteiger charge is -2.49. The summed E-state index contributed by atoms with van der Waals surface area (Å²) in [5.41, 5.74) is -1.38. The Morgan fingerprint density at radius 2 is 1.38 bits per heavy atom. The van der Waals surface area contributed by atoms with Crippen molar-refractivity contribution in [3.8, 4) is 0 Å². The van der Waals surface area contributed by atoms with Crippen LogP contribution in [0.2, 0.25) is 0 Å². The number of hydrogen-bond donors (Lipinski definition) is 0. The molecule has 0 heterocycles. The molecule has 0 spiro atoms. The Hall–Kier alpha value is -1.06. The molecule has 2 rings (SSSR count). The minimum absolute atomic E-state index is 0.0838. The zero-order chi connectivity index (χ0) is 15.7. The van der Waals surface area contributed by atoms with Crippen molar-refractivity contribution in [2.75, 3.05) is 13.2 Å². The fourth-order valence-electron chi connectivity index (χ4n) is 5.30. The van der Waals surface area contributed by atoms with Gasteiger partial charge in [-0.1, -0.05) is 13.8 Å². The molecule has 0 aromatic heterocycles. The molecule has 2 aliphatic rings. The average molecular weight is 296 g/mol. The van der Waals surface area contributed by atoms with E-state index in [0.717, 1.165) is 32.1 Å². The van der Waals surface area contributed by atoms with Gasteiger partial charge in [-0.15, -0.1) is 0 Å². The smallest absolute Gasteiger partial charge is 0.324 e. The van der Waals surface area contributed by atoms with E-state index in [1.54, 1.807) is 13.8 Å². The topological polar surface area (TPSA) is 52.6 Å². The summed E-state index contributed by atoms with van der Waals surface area (Å²) in [6.07, 6.45) is 4.65. The van der Waals surface area contributed by atoms with Crippen LogP contribution in [-0.2, 0) is 19.1 Å². The Morgan fingerprint density at radius 3 is 1.81 bits per heavy atom. The van der Waals surface area contributed by atoms with Crippen LogP contribution in [-0.4, -0.2) is 25.2 Å². The zero-order valence-electron chi connectivity index (χ0n) is 13.7. The summed E-state index contributed by atoms with van der Waals surface area (Å²) in [5.74, 6) is -0.175. The molecular formula is C17H28O4. The van der Waals surface area contributed by atoms with Crippen LogP contribution in [0.4, 0.5) is 0 Å². The maximum atomic E-state index is 12.9. The van der Waals surface area contributed by atoms with Crippen molar-refractivity contribution in [2.24, 2.45) is 22.7 Å². The Bertz CT molecular complexity index is 393. The lowest BCUT2D eigenvalue weighted by atomic mass is 9.53. The van der Waals surface area contributed by atoms with E-state index in [9.17, 15) is 9.59 Å². The summed E-state index contributed by atoms with van der Waals surface area (Å²) in [7, 11) is 0. The molecule has 0 radical (unpaired) electrons. The van der Waals surface area contributed by atoms with Gasteiger partial charge in [0.2, 0.25) is 0 Å². The monoisotopic (exact) mass is 296 g/mol. The van der Waals surface area contributed by atoms with E-state index in [1.165, 1.54) is 0 Å². The zero-order valence-corrected chi connectivity index (χ0v) is 13.7. The molecule has 0 aromatic carbocycles. The predicted octanol–water partition coefficient (Wildman–Crippen LogP) is 3.34. The average Bonchev–Trinajstić information content (AvgIpc) is 3.05. The SMILES string of the molecule is CCOC(=O)C1(C(=O)OCC)C2CCC(C2)C1(CC)CC. The highest BCUT2D eigenvalue weighted by Gasteiger charge is 2.74. The molecule has 2 fully saturated rings. The second kappa shape index (κ2) is 5.98. The molecule has 0 aliphatic heterocycles. The van der Waals surface area contributed by atoms with Crippen LogP contribution >= 0.6 is 0 Å². The van der Waals surface area contributed by atoms with Gasteiger partial charge < -0.3 is 9.47 Å². The van der Waals surface area contributed by atoms with Gasteiger partial charge in [-0.3, -0.25) is 9.59 Å². The standard InChI is InChI=1S/C17H28O4/c1-5-16(6-2)12-9-10-13(11-12)17(16,14(18)20-7-3)15(19)21-8-4/h12-13H,5-11H2,1-4H3. The molecule has 0 aromatic rings. The van der Waals surface area contributed by atoms with Crippen LogP contribution in [0.25, 0.3) is 0 Å². The van der Waals surface area contributed by atoms with Crippen molar-refractivity contribution < 1.29 is 19.1 Å². The summed E-state index contributed by atoms with van der Waals surface area (Å²) in [6.45, 7) is 8.39. The molecule has 0 N–H and O–H groups in total. The molecule has 2 atom stereocenters. The second-order valence-corrected chi connectivity index (χ2v) is 6.32. The van der Waals surface area contributed by atoms with Crippen LogP contribution in [0.1, 0.15) is 59.8 Å². The Labute approximate surface area is 127 Å². The highest BCUT2D eigenvalue weighted by atomic mass is 16.6. The van der Waals surface area contributed by atoms with Crippen molar-refractivity contribution in [3.05, 3.63) is 0 Å². The van der Waals surface area contributed by atoms with E-state index in [-0.39, 0.29) is 23.3 Å². The van der Waals surface area contributed by atoms with E-state index in [0.29, 0.717) is 19.1 Å². The first kappa shape index (κ1) is 16.3. The molecule has 120 valence electrons. The van der Waals surface area contributed by atoms with Gasteiger partial charge in [0.1, 0.15) is 0 Å². The van der Waals surface area contributed by atoms with Gasteiger partial charge in [0.25, 0.3) is 0 Å². The first-order valence-electron chi connectivity index (χ1n) is 8.39. The van der Waals surface area contributed by atoms with Crippen LogP contribution in [0.5, 0.6) is 0 Å². The minimum atomic E-state index is -1.08. The van der Waals surface area contributed by atoms with Gasteiger partial charge in [0.05, 0.1) is 13.2 Å². The van der Waals surface area contributed by atoms with E-state index >= 15 is 0 Å². The van der Waals surface area contributed by atoms with Crippen LogP contribution in [0.15, 0.2) is 0 Å². The van der Waals surface area contributed by atoms with Gasteiger partial charge >= 0.3 is 11.9 Å². The molecule has 0 amide bonds. The number of carbonyl (C=O) groups is 2. The molecule has 21 heavy (non-hydrogen) atoms. The van der Waals surface area contributed by atoms with Crippen molar-refractivity contribution >= 4 is 11.9 Å². The summed E-state index contributed by atoms with van der Waals surface area (Å²) >= 11 is 0. The Balaban J connectivity index is 2.56. The molecular weight excluding hydrogens is 268 g/mol. The third-order valence-electron chi connectivity index (χ3n) is 6.07. The summed E-state index contributed by atoms with van der Waals surface area (Å²) < 4.78 is 10.7. The fraction of sp³-hybridized carbons (Fsp3) is 0.882. The highest BCUT2D eigenvalue weighted by Crippen LogP contribution is 2.70. The van der Waals surface area contributed by atoms with E-state index in [2.05, 4.69) is 13.8 Å². The summed E-state index contributed by atoms with van der Waals surface area (Å²) in [6, 6.07) is 0. The number of hydrogen-bond acceptors (Lipinski definition) is 4. The Morgan fingerprint density at radius 1 is 0.905 bits per heavy atom. The third kappa shape index (κ3) is 1.94. The largest absolute Gasteiger partial charge is 0.465 e. The fourth-order valence-corrected chi connectivity index (χ4v) is 5.30. The van der Waals surface area contributed by atoms with Gasteiger partial charge in [0, 0.05) is 0 Å². The van der Waals surface area contributed by atoms with Gasteiger partial charge in [-0.25, -0.2) is 0 Å². The number of esters is 2. The van der Waals surface area contributed by atoms with Crippen LogP contribution in [0.3, 0.4) is 0 Å². The van der Waals surface area contributed by atoms with E-state index in [4.69, 9.17) is 9.47 Å². The second-order valence-electron chi connectivity index (χ2n) is 6.32. The Kier molecular flexibility index (Phi) is 4.64. The highest BCUT2D eigenvalue weighted by molar-refractivity contribution is 6.02. The van der Waals surface area contributed by atoms with Crippen molar-refractivity contribution in [1.29, 1.82) is 0 Å². The predicted molar refractivity (Wildman–Crippen MR) is 79.5 cm³/mol. The van der Waals surface area contributed by atoms with Crippen molar-refractivity contribution in [2.45, 2.75) is 59.8 Å². The van der Waals surface area contributed by atoms with Gasteiger partial charge in [-0.2, -0.15) is 0 Å². The van der Waals surface area contributed by atoms with Gasteiger partial charge in [0.15, 0.2) is 5.41 Å². The summed E-state index contributed by atoms with van der Waals surface area (Å²) in [4.78, 5) is 25.8. The van der Waals surface area contributed by atoms with E-state index < -0.39 is 5.41 Å². The quantitative estimate of drug-likeness (QED) is 0.557. The van der Waals surface area contributed by atoms with Crippen LogP contribution in [0, 0.1) is 22.7 Å². The lowest BCUT2D eigenvalue weighted by molar-refractivity contribution is -0.191. The molecule has 2 bridgehead atoms. The first-order valence-corrected chi connectivity index (χ1v) is 8.39. The molecule has 2 saturated carbocycles. The molecule has 4 nitrogen and oxygen atoms in total. The lowest BCUT2D eigenvalue weighted by Crippen LogP contribution is -2.57. The number of ether oxygens (including phenoxy) is 2. The number of rotatable bonds is 6. The third-order valence-corrected chi connectivity index (χ3v) is 6.07. The maximum Gasteiger partial charge on any atom is 0.324 e. The molecule has 2 unspecified atom stereocenters. The van der Waals surface area contributed by atoms with Crippen molar-refractivity contribution in [1.82, 2.24) is 0 Å². The first-order chi connectivity index (χ1) is 10.0.